The van der Waals surface area contributed by atoms with Gasteiger partial charge in [0.05, 0.1) is 35.3 Å². The molecule has 0 saturated carbocycles. The molecule has 0 bridgehead atoms. The standard InChI is InChI=1S/C30H36N6O3S/c1-16(2)39-23-13-20(19-7-9-36(5)10-8-19)18(4)12-22(23)34-30-33-15-24-26(35-30)25(27(40-24)28(31)37)21-11-17(3)14-32-29(21)38-6/h11-16,19H,7-10H2,1-6H3,(H2,31,37)(H,33,34,35). The smallest absolute Gasteiger partial charge is 0.259 e. The van der Waals surface area contributed by atoms with Gasteiger partial charge in [0.2, 0.25) is 11.8 Å². The topological polar surface area (TPSA) is 115 Å². The van der Waals surface area contributed by atoms with E-state index in [0.717, 1.165) is 47.6 Å². The van der Waals surface area contributed by atoms with Crippen molar-refractivity contribution in [2.45, 2.75) is 52.6 Å². The molecule has 4 aromatic rings. The summed E-state index contributed by atoms with van der Waals surface area (Å²) in [5, 5.41) is 3.39. The molecule has 1 saturated heterocycles. The van der Waals surface area contributed by atoms with E-state index in [-0.39, 0.29) is 6.10 Å². The molecule has 1 fully saturated rings. The molecule has 10 heteroatoms. The van der Waals surface area contributed by atoms with Crippen molar-refractivity contribution in [3.05, 3.63) is 52.2 Å². The van der Waals surface area contributed by atoms with Crippen molar-refractivity contribution < 1.29 is 14.3 Å². The first kappa shape index (κ1) is 27.8. The maximum atomic E-state index is 12.5. The van der Waals surface area contributed by atoms with Gasteiger partial charge in [-0.2, -0.15) is 0 Å². The van der Waals surface area contributed by atoms with Crippen molar-refractivity contribution in [3.63, 3.8) is 0 Å². The Bertz CT molecular complexity index is 1560. The fourth-order valence-electron chi connectivity index (χ4n) is 5.31. The zero-order valence-corrected chi connectivity index (χ0v) is 24.7. The Morgan fingerprint density at radius 1 is 1.15 bits per heavy atom. The number of carbonyl (C=O) groups excluding carboxylic acids is 1. The van der Waals surface area contributed by atoms with Crippen LogP contribution in [0.3, 0.4) is 0 Å². The number of aryl methyl sites for hydroxylation is 2. The number of ether oxygens (including phenoxy) is 2. The Balaban J connectivity index is 1.58. The van der Waals surface area contributed by atoms with E-state index in [9.17, 15) is 4.79 Å². The number of amides is 1. The monoisotopic (exact) mass is 560 g/mol. The molecule has 1 aromatic carbocycles. The normalized spacial score (nSPS) is 14.6. The number of nitrogens with two attached hydrogens (primary N) is 1. The third kappa shape index (κ3) is 5.59. The van der Waals surface area contributed by atoms with Crippen molar-refractivity contribution in [1.29, 1.82) is 0 Å². The predicted octanol–water partition coefficient (Wildman–Crippen LogP) is 5.82. The maximum absolute atomic E-state index is 12.5. The first-order valence-corrected chi connectivity index (χ1v) is 14.3. The van der Waals surface area contributed by atoms with Gasteiger partial charge in [-0.1, -0.05) is 0 Å². The Morgan fingerprint density at radius 3 is 2.58 bits per heavy atom. The second-order valence-electron chi connectivity index (χ2n) is 10.7. The summed E-state index contributed by atoms with van der Waals surface area (Å²) in [6.45, 7) is 10.3. The van der Waals surface area contributed by atoms with Gasteiger partial charge < -0.3 is 25.4 Å². The number of piperidine rings is 1. The maximum Gasteiger partial charge on any atom is 0.259 e. The zero-order valence-electron chi connectivity index (χ0n) is 23.9. The molecule has 210 valence electrons. The minimum Gasteiger partial charge on any atom is -0.489 e. The molecule has 0 atom stereocenters. The second-order valence-corrected chi connectivity index (χ2v) is 11.8. The molecule has 0 unspecified atom stereocenters. The number of methoxy groups -OCH3 is 1. The summed E-state index contributed by atoms with van der Waals surface area (Å²) in [7, 11) is 3.73. The van der Waals surface area contributed by atoms with Crippen LogP contribution >= 0.6 is 11.3 Å². The second kappa shape index (κ2) is 11.4. The largest absolute Gasteiger partial charge is 0.489 e. The molecule has 1 amide bonds. The number of rotatable bonds is 8. The van der Waals surface area contributed by atoms with Crippen LogP contribution < -0.4 is 20.5 Å². The van der Waals surface area contributed by atoms with E-state index in [1.807, 2.05) is 26.8 Å². The van der Waals surface area contributed by atoms with E-state index in [1.165, 1.54) is 22.5 Å². The van der Waals surface area contributed by atoms with E-state index in [0.29, 0.717) is 39.3 Å². The van der Waals surface area contributed by atoms with Crippen LogP contribution in [0.1, 0.15) is 59.0 Å². The molecule has 5 rings (SSSR count). The fourth-order valence-corrected chi connectivity index (χ4v) is 6.29. The summed E-state index contributed by atoms with van der Waals surface area (Å²) in [6.07, 6.45) is 5.69. The predicted molar refractivity (Wildman–Crippen MR) is 160 cm³/mol. The number of hydrogen-bond donors (Lipinski definition) is 2. The number of carbonyl (C=O) groups is 1. The minimum absolute atomic E-state index is 0.000111. The number of thiophene rings is 1. The molecule has 9 nitrogen and oxygen atoms in total. The molecule has 1 aliphatic heterocycles. The van der Waals surface area contributed by atoms with Gasteiger partial charge in [0, 0.05) is 17.3 Å². The van der Waals surface area contributed by atoms with Gasteiger partial charge in [-0.05, 0) is 101 Å². The van der Waals surface area contributed by atoms with E-state index in [1.54, 1.807) is 19.5 Å². The van der Waals surface area contributed by atoms with Crippen LogP contribution in [0.4, 0.5) is 11.6 Å². The van der Waals surface area contributed by atoms with Gasteiger partial charge in [-0.3, -0.25) is 4.79 Å². The van der Waals surface area contributed by atoms with Gasteiger partial charge in [0.15, 0.2) is 0 Å². The number of nitrogens with zero attached hydrogens (tertiary/aromatic N) is 4. The van der Waals surface area contributed by atoms with Crippen molar-refractivity contribution >= 4 is 39.1 Å². The highest BCUT2D eigenvalue weighted by molar-refractivity contribution is 7.21. The first-order valence-electron chi connectivity index (χ1n) is 13.5. The average molecular weight is 561 g/mol. The van der Waals surface area contributed by atoms with E-state index >= 15 is 0 Å². The van der Waals surface area contributed by atoms with Gasteiger partial charge in [-0.15, -0.1) is 11.3 Å². The van der Waals surface area contributed by atoms with Crippen molar-refractivity contribution in [2.24, 2.45) is 5.73 Å². The van der Waals surface area contributed by atoms with Crippen molar-refractivity contribution in [3.8, 4) is 22.8 Å². The number of fused-ring (bicyclic) bond motifs is 1. The van der Waals surface area contributed by atoms with Crippen LogP contribution in [0.15, 0.2) is 30.6 Å². The number of likely N-dealkylation sites (tertiary alicyclic amines) is 1. The molecular formula is C30H36N6O3S. The van der Waals surface area contributed by atoms with Gasteiger partial charge in [0.25, 0.3) is 5.91 Å². The average Bonchev–Trinajstić information content (AvgIpc) is 3.29. The molecule has 0 radical (unpaired) electrons. The number of primary amides is 1. The number of benzene rings is 1. The molecule has 0 spiro atoms. The summed E-state index contributed by atoms with van der Waals surface area (Å²) in [4.78, 5) is 29.1. The molecule has 0 aliphatic carbocycles. The number of anilines is 2. The van der Waals surface area contributed by atoms with Gasteiger partial charge >= 0.3 is 0 Å². The van der Waals surface area contributed by atoms with Crippen LogP contribution in [0.25, 0.3) is 21.3 Å². The lowest BCUT2D eigenvalue weighted by atomic mass is 9.86. The van der Waals surface area contributed by atoms with Crippen LogP contribution in [0.5, 0.6) is 11.6 Å². The molecule has 40 heavy (non-hydrogen) atoms. The Labute approximate surface area is 238 Å². The van der Waals surface area contributed by atoms with Crippen molar-refractivity contribution in [1.82, 2.24) is 19.9 Å². The molecular weight excluding hydrogens is 524 g/mol. The SMILES string of the molecule is COc1ncc(C)cc1-c1c(C(N)=O)sc2cnc(Nc3cc(C)c(C4CCN(C)CC4)cc3OC(C)C)nc12. The summed E-state index contributed by atoms with van der Waals surface area (Å²) in [6, 6.07) is 6.22. The van der Waals surface area contributed by atoms with Crippen LogP contribution in [-0.2, 0) is 0 Å². The van der Waals surface area contributed by atoms with E-state index < -0.39 is 5.91 Å². The third-order valence-electron chi connectivity index (χ3n) is 7.24. The quantitative estimate of drug-likeness (QED) is 0.277. The minimum atomic E-state index is -0.538. The lowest BCUT2D eigenvalue weighted by molar-refractivity contribution is 0.100. The summed E-state index contributed by atoms with van der Waals surface area (Å²) in [5.41, 5.74) is 11.9. The van der Waals surface area contributed by atoms with Crippen LogP contribution in [0, 0.1) is 13.8 Å². The number of aromatic nitrogens is 3. The third-order valence-corrected chi connectivity index (χ3v) is 8.37. The Hall–Kier alpha value is -3.76. The Morgan fingerprint density at radius 2 is 1.90 bits per heavy atom. The zero-order chi connectivity index (χ0) is 28.6. The molecule has 3 N–H and O–H groups in total. The molecule has 1 aliphatic rings. The highest BCUT2D eigenvalue weighted by Gasteiger charge is 2.25. The number of hydrogen-bond acceptors (Lipinski definition) is 9. The summed E-state index contributed by atoms with van der Waals surface area (Å²) < 4.78 is 12.5. The fraction of sp³-hybridized carbons (Fsp3) is 0.400. The summed E-state index contributed by atoms with van der Waals surface area (Å²) >= 11 is 1.26. The van der Waals surface area contributed by atoms with Gasteiger partial charge in [-0.25, -0.2) is 15.0 Å². The lowest BCUT2D eigenvalue weighted by Gasteiger charge is -2.30. The van der Waals surface area contributed by atoms with Crippen LogP contribution in [0.2, 0.25) is 0 Å². The first-order chi connectivity index (χ1) is 19.1. The van der Waals surface area contributed by atoms with E-state index in [2.05, 4.69) is 46.3 Å². The lowest BCUT2D eigenvalue weighted by Crippen LogP contribution is -2.29. The molecule has 3 aromatic heterocycles. The molecule has 4 heterocycles. The highest BCUT2D eigenvalue weighted by atomic mass is 32.1. The number of pyridine rings is 1. The van der Waals surface area contributed by atoms with E-state index in [4.69, 9.17) is 20.2 Å². The van der Waals surface area contributed by atoms with Gasteiger partial charge in [0.1, 0.15) is 10.6 Å². The highest BCUT2D eigenvalue weighted by Crippen LogP contribution is 2.42. The van der Waals surface area contributed by atoms with Crippen molar-refractivity contribution in [2.75, 3.05) is 32.6 Å². The number of nitrogens with one attached hydrogen (secondary N) is 1. The Kier molecular flexibility index (Phi) is 7.91. The van der Waals surface area contributed by atoms with Crippen LogP contribution in [-0.4, -0.2) is 59.1 Å². The summed E-state index contributed by atoms with van der Waals surface area (Å²) in [5.74, 6) is 1.52.